The van der Waals surface area contributed by atoms with Crippen molar-refractivity contribution < 1.29 is 9.26 Å². The summed E-state index contributed by atoms with van der Waals surface area (Å²) in [6.07, 6.45) is 4.60. The molecule has 104 valence electrons. The second-order valence-electron chi connectivity index (χ2n) is 6.06. The lowest BCUT2D eigenvalue weighted by Gasteiger charge is -2.33. The van der Waals surface area contributed by atoms with E-state index in [1.807, 2.05) is 0 Å². The molecule has 2 unspecified atom stereocenters. The predicted octanol–water partition coefficient (Wildman–Crippen LogP) is 0.596. The molecular weight excluding hydrogens is 244 g/mol. The third-order valence-electron chi connectivity index (χ3n) is 4.82. The van der Waals surface area contributed by atoms with Crippen LogP contribution in [0.15, 0.2) is 4.52 Å². The van der Waals surface area contributed by atoms with Gasteiger partial charge < -0.3 is 15.0 Å². The Morgan fingerprint density at radius 1 is 1.42 bits per heavy atom. The van der Waals surface area contributed by atoms with Crippen molar-refractivity contribution in [2.45, 2.75) is 43.2 Å². The third-order valence-corrected chi connectivity index (χ3v) is 4.82. The maximum Gasteiger partial charge on any atom is 0.234 e. The first-order valence-corrected chi connectivity index (χ1v) is 7.20. The molecule has 0 amide bonds. The van der Waals surface area contributed by atoms with E-state index in [1.54, 1.807) is 0 Å². The van der Waals surface area contributed by atoms with Crippen LogP contribution >= 0.6 is 0 Å². The highest BCUT2D eigenvalue weighted by Crippen LogP contribution is 2.46. The molecule has 2 saturated heterocycles. The Balaban J connectivity index is 1.50. The number of nitrogens with zero attached hydrogens (tertiary/aromatic N) is 3. The van der Waals surface area contributed by atoms with Crippen LogP contribution in [0.25, 0.3) is 0 Å². The van der Waals surface area contributed by atoms with E-state index in [-0.39, 0.29) is 11.5 Å². The van der Waals surface area contributed by atoms with Crippen LogP contribution in [0.5, 0.6) is 0 Å². The summed E-state index contributed by atoms with van der Waals surface area (Å²) in [5.74, 6) is 1.40. The number of ether oxygens (including phenoxy) is 1. The lowest BCUT2D eigenvalue weighted by atomic mass is 10.1. The molecule has 0 aromatic carbocycles. The standard InChI is InChI=1S/C13H20N4O2/c14-8-13(3-4-13)12-15-11(16-19-12)10-6-17-5-1-2-9(17)7-18-10/h9-10H,1-8,14H2. The molecule has 2 N–H and O–H groups in total. The Hall–Kier alpha value is -0.980. The monoisotopic (exact) mass is 264 g/mol. The molecule has 1 aromatic heterocycles. The van der Waals surface area contributed by atoms with Gasteiger partial charge in [0.1, 0.15) is 6.10 Å². The van der Waals surface area contributed by atoms with Gasteiger partial charge in [0, 0.05) is 19.1 Å². The number of morpholine rings is 1. The molecule has 2 aliphatic heterocycles. The van der Waals surface area contributed by atoms with E-state index in [2.05, 4.69) is 15.0 Å². The van der Waals surface area contributed by atoms with Crippen molar-refractivity contribution in [1.82, 2.24) is 15.0 Å². The van der Waals surface area contributed by atoms with Crippen molar-refractivity contribution in [3.63, 3.8) is 0 Å². The number of aromatic nitrogens is 2. The fourth-order valence-electron chi connectivity index (χ4n) is 3.21. The average Bonchev–Trinajstić information content (AvgIpc) is 2.90. The Kier molecular flexibility index (Phi) is 2.65. The summed E-state index contributed by atoms with van der Waals surface area (Å²) >= 11 is 0. The normalized spacial score (nSPS) is 33.3. The smallest absolute Gasteiger partial charge is 0.234 e. The van der Waals surface area contributed by atoms with Crippen LogP contribution in [-0.4, -0.2) is 47.3 Å². The van der Waals surface area contributed by atoms with Crippen molar-refractivity contribution in [3.8, 4) is 0 Å². The summed E-state index contributed by atoms with van der Waals surface area (Å²) in [5, 5.41) is 4.11. The molecule has 6 nitrogen and oxygen atoms in total. The van der Waals surface area contributed by atoms with Gasteiger partial charge in [0.15, 0.2) is 0 Å². The first-order valence-electron chi connectivity index (χ1n) is 7.20. The minimum absolute atomic E-state index is 0.0317. The Labute approximate surface area is 112 Å². The SMILES string of the molecule is NCC1(c2nc(C3CN4CCCC4CO3)no2)CC1. The van der Waals surface area contributed by atoms with E-state index >= 15 is 0 Å². The Morgan fingerprint density at radius 3 is 3.11 bits per heavy atom. The summed E-state index contributed by atoms with van der Waals surface area (Å²) in [6.45, 7) is 3.44. The fraction of sp³-hybridized carbons (Fsp3) is 0.846. The van der Waals surface area contributed by atoms with Gasteiger partial charge in [-0.05, 0) is 32.2 Å². The van der Waals surface area contributed by atoms with Gasteiger partial charge in [-0.3, -0.25) is 4.90 Å². The molecule has 19 heavy (non-hydrogen) atoms. The molecule has 0 bridgehead atoms. The molecule has 1 aromatic rings. The zero-order chi connectivity index (χ0) is 12.9. The summed E-state index contributed by atoms with van der Waals surface area (Å²) in [5.41, 5.74) is 5.76. The fourth-order valence-corrected chi connectivity index (χ4v) is 3.21. The first kappa shape index (κ1) is 11.8. The van der Waals surface area contributed by atoms with Crippen LogP contribution in [0.4, 0.5) is 0 Å². The zero-order valence-corrected chi connectivity index (χ0v) is 11.0. The number of fused-ring (bicyclic) bond motifs is 1. The molecule has 1 aliphatic carbocycles. The van der Waals surface area contributed by atoms with Gasteiger partial charge in [-0.2, -0.15) is 4.98 Å². The predicted molar refractivity (Wildman–Crippen MR) is 67.6 cm³/mol. The molecular formula is C13H20N4O2. The molecule has 2 atom stereocenters. The molecule has 4 rings (SSSR count). The average molecular weight is 264 g/mol. The van der Waals surface area contributed by atoms with Gasteiger partial charge in [-0.1, -0.05) is 5.16 Å². The van der Waals surface area contributed by atoms with E-state index in [0.29, 0.717) is 24.3 Å². The minimum atomic E-state index is -0.0413. The van der Waals surface area contributed by atoms with E-state index in [1.165, 1.54) is 19.4 Å². The molecule has 3 fully saturated rings. The Morgan fingerprint density at radius 2 is 2.32 bits per heavy atom. The molecule has 3 aliphatic rings. The molecule has 0 radical (unpaired) electrons. The highest BCUT2D eigenvalue weighted by atomic mass is 16.5. The van der Waals surface area contributed by atoms with E-state index in [9.17, 15) is 0 Å². The number of hydrogen-bond donors (Lipinski definition) is 1. The van der Waals surface area contributed by atoms with Crippen molar-refractivity contribution in [2.75, 3.05) is 26.2 Å². The maximum absolute atomic E-state index is 5.90. The van der Waals surface area contributed by atoms with E-state index in [0.717, 1.165) is 26.0 Å². The lowest BCUT2D eigenvalue weighted by Crippen LogP contribution is -2.42. The van der Waals surface area contributed by atoms with Crippen molar-refractivity contribution >= 4 is 0 Å². The summed E-state index contributed by atoms with van der Waals surface area (Å²) in [4.78, 5) is 7.03. The van der Waals surface area contributed by atoms with Crippen LogP contribution < -0.4 is 5.73 Å². The van der Waals surface area contributed by atoms with Gasteiger partial charge >= 0.3 is 0 Å². The highest BCUT2D eigenvalue weighted by Gasteiger charge is 2.48. The van der Waals surface area contributed by atoms with Crippen LogP contribution in [0.1, 0.15) is 43.5 Å². The third kappa shape index (κ3) is 1.89. The highest BCUT2D eigenvalue weighted by molar-refractivity contribution is 5.16. The quantitative estimate of drug-likeness (QED) is 0.861. The van der Waals surface area contributed by atoms with Gasteiger partial charge in [-0.15, -0.1) is 0 Å². The largest absolute Gasteiger partial charge is 0.367 e. The van der Waals surface area contributed by atoms with Crippen molar-refractivity contribution in [2.24, 2.45) is 5.73 Å². The van der Waals surface area contributed by atoms with E-state index < -0.39 is 0 Å². The molecule has 6 heteroatoms. The van der Waals surface area contributed by atoms with Crippen LogP contribution in [0, 0.1) is 0 Å². The van der Waals surface area contributed by atoms with E-state index in [4.69, 9.17) is 15.0 Å². The number of nitrogens with two attached hydrogens (primary N) is 1. The number of rotatable bonds is 3. The zero-order valence-electron chi connectivity index (χ0n) is 11.0. The van der Waals surface area contributed by atoms with Gasteiger partial charge in [0.25, 0.3) is 0 Å². The van der Waals surface area contributed by atoms with Crippen molar-refractivity contribution in [1.29, 1.82) is 0 Å². The first-order chi connectivity index (χ1) is 9.31. The second-order valence-corrected chi connectivity index (χ2v) is 6.06. The summed E-state index contributed by atoms with van der Waals surface area (Å²) in [7, 11) is 0. The molecule has 3 heterocycles. The minimum Gasteiger partial charge on any atom is -0.367 e. The van der Waals surface area contributed by atoms with Crippen LogP contribution in [-0.2, 0) is 10.2 Å². The van der Waals surface area contributed by atoms with Gasteiger partial charge in [-0.25, -0.2) is 0 Å². The number of hydrogen-bond acceptors (Lipinski definition) is 6. The summed E-state index contributed by atoms with van der Waals surface area (Å²) in [6, 6.07) is 0.599. The van der Waals surface area contributed by atoms with Gasteiger partial charge in [0.2, 0.25) is 11.7 Å². The second kappa shape index (κ2) is 4.26. The lowest BCUT2D eigenvalue weighted by molar-refractivity contribution is -0.0548. The van der Waals surface area contributed by atoms with Gasteiger partial charge in [0.05, 0.1) is 12.0 Å². The molecule has 1 saturated carbocycles. The topological polar surface area (TPSA) is 77.4 Å². The van der Waals surface area contributed by atoms with Crippen LogP contribution in [0.3, 0.4) is 0 Å². The van der Waals surface area contributed by atoms with Crippen molar-refractivity contribution in [3.05, 3.63) is 11.7 Å². The summed E-state index contributed by atoms with van der Waals surface area (Å²) < 4.78 is 11.3. The maximum atomic E-state index is 5.90. The Bertz CT molecular complexity index is 471. The molecule has 0 spiro atoms. The van der Waals surface area contributed by atoms with Crippen LogP contribution in [0.2, 0.25) is 0 Å².